The van der Waals surface area contributed by atoms with Crippen molar-refractivity contribution in [3.63, 3.8) is 0 Å². The number of rotatable bonds is 0. The van der Waals surface area contributed by atoms with E-state index in [0.29, 0.717) is 0 Å². The summed E-state index contributed by atoms with van der Waals surface area (Å²) < 4.78 is 0. The topological polar surface area (TPSA) is 68.6 Å². The predicted octanol–water partition coefficient (Wildman–Crippen LogP) is -1.74. The van der Waals surface area contributed by atoms with Crippen LogP contribution in [-0.4, -0.2) is 32.2 Å². The van der Waals surface area contributed by atoms with Crippen LogP contribution in [0.2, 0.25) is 0 Å². The fourth-order valence-corrected chi connectivity index (χ4v) is 0. The first-order valence-electron chi connectivity index (χ1n) is 0.908. The molecule has 0 aromatic heterocycles. The summed E-state index contributed by atoms with van der Waals surface area (Å²) in [6.45, 7) is 0.972. The van der Waals surface area contributed by atoms with E-state index in [1.165, 1.54) is 0 Å². The van der Waals surface area contributed by atoms with Crippen LogP contribution < -0.4 is 5.11 Å². The van der Waals surface area contributed by atoms with Crippen molar-refractivity contribution in [1.82, 2.24) is 0 Å². The van der Waals surface area contributed by atoms with Gasteiger partial charge in [0.15, 0.2) is 0 Å². The Morgan fingerprint density at radius 3 is 1.67 bits per heavy atom. The van der Waals surface area contributed by atoms with Crippen molar-refractivity contribution in [2.24, 2.45) is 0 Å². The van der Waals surface area contributed by atoms with E-state index in [0.717, 1.165) is 6.92 Å². The number of aliphatic carboxylic acids is 1. The molecule has 0 spiro atoms. The van der Waals surface area contributed by atoms with E-state index in [4.69, 9.17) is 9.90 Å². The van der Waals surface area contributed by atoms with Gasteiger partial charge in [-0.2, -0.15) is 0 Å². The van der Waals surface area contributed by atoms with Crippen molar-refractivity contribution in [2.75, 3.05) is 0 Å². The van der Waals surface area contributed by atoms with E-state index in [9.17, 15) is 0 Å². The molecule has 3 nitrogen and oxygen atoms in total. The molecular weight excluding hydrogens is 281 g/mol. The van der Waals surface area contributed by atoms with E-state index in [-0.39, 0.29) is 31.7 Å². The van der Waals surface area contributed by atoms with Crippen LogP contribution in [-0.2, 0) is 10.3 Å². The number of carboxylic acid groups (broad SMARTS) is 1. The smallest absolute Gasteiger partial charge is 2.00 e. The van der Waals surface area contributed by atoms with Crippen molar-refractivity contribution in [3.05, 3.63) is 0 Å². The summed E-state index contributed by atoms with van der Waals surface area (Å²) in [7, 11) is 0. The third-order valence-corrected chi connectivity index (χ3v) is 0. The zero-order chi connectivity index (χ0) is 3.58. The summed E-state index contributed by atoms with van der Waals surface area (Å²) in [5.41, 5.74) is 0. The second-order valence-corrected chi connectivity index (χ2v) is 0.492. The number of hydrogen-bond donors (Lipinski definition) is 0. The Hall–Kier alpha value is 0.313. The maximum Gasteiger partial charge on any atom is 3.00 e. The summed E-state index contributed by atoms with van der Waals surface area (Å²) in [6.07, 6.45) is 0. The molecule has 4 heteroatoms. The van der Waals surface area contributed by atoms with Gasteiger partial charge in [-0.25, -0.2) is 0 Å². The van der Waals surface area contributed by atoms with Crippen LogP contribution in [0.3, 0.4) is 0 Å². The Labute approximate surface area is 54.8 Å². The molecule has 6 heavy (non-hydrogen) atoms. The second-order valence-electron chi connectivity index (χ2n) is 0.492. The third kappa shape index (κ3) is 483. The van der Waals surface area contributed by atoms with Gasteiger partial charge in [-0.3, -0.25) is 0 Å². The predicted molar refractivity (Wildman–Crippen MR) is 17.1 cm³/mol. The molecule has 0 unspecified atom stereocenters. The first-order valence-corrected chi connectivity index (χ1v) is 0.908. The van der Waals surface area contributed by atoms with Crippen molar-refractivity contribution >= 4 is 32.2 Å². The molecule has 0 aromatic carbocycles. The maximum absolute atomic E-state index is 8.89. The minimum absolute atomic E-state index is 0. The molecule has 0 fully saturated rings. The van der Waals surface area contributed by atoms with Crippen molar-refractivity contribution in [2.45, 2.75) is 6.92 Å². The van der Waals surface area contributed by atoms with E-state index >= 15 is 0 Å². The standard InChI is InChI=1S/C2H4O2.Bi.O/c1-2(3)4;;/h1H3,(H,3,4);;/q;+3;-2/p-1. The summed E-state index contributed by atoms with van der Waals surface area (Å²) in [6, 6.07) is 0. The fourth-order valence-electron chi connectivity index (χ4n) is 0. The third-order valence-electron chi connectivity index (χ3n) is 0. The Balaban J connectivity index is -0.0000000450. The molecule has 0 heterocycles. The zero-order valence-electron chi connectivity index (χ0n) is 3.17. The molecule has 2 radical (unpaired) electrons. The van der Waals surface area contributed by atoms with E-state index in [1.807, 2.05) is 0 Å². The molecular formula is C2H3BiO3. The monoisotopic (exact) mass is 284 g/mol. The normalized spacial score (nSPS) is 4.17. The van der Waals surface area contributed by atoms with Crippen LogP contribution in [0.15, 0.2) is 0 Å². The molecule has 0 bridgehead atoms. The van der Waals surface area contributed by atoms with Crippen molar-refractivity contribution in [3.8, 4) is 0 Å². The molecule has 0 aliphatic rings. The molecule has 0 amide bonds. The van der Waals surface area contributed by atoms with Gasteiger partial charge >= 0.3 is 26.2 Å². The van der Waals surface area contributed by atoms with Gasteiger partial charge in [0, 0.05) is 5.97 Å². The van der Waals surface area contributed by atoms with Crippen LogP contribution in [0.25, 0.3) is 0 Å². The van der Waals surface area contributed by atoms with E-state index < -0.39 is 5.97 Å². The quantitative estimate of drug-likeness (QED) is 0.495. The minimum atomic E-state index is -1.08. The van der Waals surface area contributed by atoms with Crippen LogP contribution in [0.1, 0.15) is 6.92 Å². The maximum atomic E-state index is 8.89. The van der Waals surface area contributed by atoms with Gasteiger partial charge in [0.25, 0.3) is 0 Å². The fraction of sp³-hybridized carbons (Fsp3) is 0.500. The summed E-state index contributed by atoms with van der Waals surface area (Å²) in [5, 5.41) is 8.89. The summed E-state index contributed by atoms with van der Waals surface area (Å²) in [4.78, 5) is 8.89. The van der Waals surface area contributed by atoms with Crippen LogP contribution in [0.5, 0.6) is 0 Å². The molecule has 0 aliphatic heterocycles. The molecule has 0 atom stereocenters. The van der Waals surface area contributed by atoms with Crippen LogP contribution in [0, 0.1) is 0 Å². The SMILES string of the molecule is CC(=O)[O-].[Bi+3].[O-2]. The molecule has 0 aromatic rings. The average molecular weight is 284 g/mol. The van der Waals surface area contributed by atoms with Crippen LogP contribution >= 0.6 is 0 Å². The largest absolute Gasteiger partial charge is 3.00 e. The number of hydrogen-bond acceptors (Lipinski definition) is 2. The van der Waals surface area contributed by atoms with Gasteiger partial charge in [0.1, 0.15) is 0 Å². The second kappa shape index (κ2) is 9.00. The number of carboxylic acids is 1. The first-order chi connectivity index (χ1) is 1.73. The molecule has 0 N–H and O–H groups in total. The molecule has 0 aliphatic carbocycles. The molecule has 0 saturated heterocycles. The number of carbonyl (C=O) groups is 1. The van der Waals surface area contributed by atoms with Crippen molar-refractivity contribution in [1.29, 1.82) is 0 Å². The van der Waals surface area contributed by atoms with E-state index in [2.05, 4.69) is 0 Å². The number of carbonyl (C=O) groups excluding carboxylic acids is 1. The van der Waals surface area contributed by atoms with Gasteiger partial charge in [-0.05, 0) is 6.92 Å². The molecule has 0 saturated carbocycles. The molecule has 34 valence electrons. The average Bonchev–Trinajstić information content (AvgIpc) is 0.811. The van der Waals surface area contributed by atoms with Gasteiger partial charge in [0.2, 0.25) is 0 Å². The Bertz CT molecular complexity index is 31.8. The Morgan fingerprint density at radius 2 is 1.67 bits per heavy atom. The Kier molecular flexibility index (Phi) is 24.4. The Morgan fingerprint density at radius 1 is 1.67 bits per heavy atom. The van der Waals surface area contributed by atoms with Gasteiger partial charge in [-0.15, -0.1) is 0 Å². The summed E-state index contributed by atoms with van der Waals surface area (Å²) >= 11 is 0. The zero-order valence-corrected chi connectivity index (χ0v) is 6.65. The minimum Gasteiger partial charge on any atom is -2.00 e. The van der Waals surface area contributed by atoms with E-state index in [1.54, 1.807) is 0 Å². The first kappa shape index (κ1) is 16.2. The van der Waals surface area contributed by atoms with Gasteiger partial charge < -0.3 is 15.4 Å². The van der Waals surface area contributed by atoms with Gasteiger partial charge in [-0.1, -0.05) is 0 Å². The van der Waals surface area contributed by atoms with Crippen LogP contribution in [0.4, 0.5) is 0 Å². The van der Waals surface area contributed by atoms with Gasteiger partial charge in [0.05, 0.1) is 0 Å². The molecule has 0 rings (SSSR count). The summed E-state index contributed by atoms with van der Waals surface area (Å²) in [5.74, 6) is -1.08. The van der Waals surface area contributed by atoms with Crippen molar-refractivity contribution < 1.29 is 15.4 Å².